The van der Waals surface area contributed by atoms with Crippen molar-refractivity contribution >= 4 is 15.9 Å². The van der Waals surface area contributed by atoms with Gasteiger partial charge in [0.1, 0.15) is 10.6 Å². The van der Waals surface area contributed by atoms with Crippen LogP contribution in [-0.2, 0) is 14.8 Å². The lowest BCUT2D eigenvalue weighted by Crippen LogP contribution is -2.47. The maximum absolute atomic E-state index is 13.3. The quantitative estimate of drug-likeness (QED) is 0.786. The van der Waals surface area contributed by atoms with Crippen LogP contribution in [0.15, 0.2) is 23.1 Å². The zero-order valence-corrected chi connectivity index (χ0v) is 18.5. The van der Waals surface area contributed by atoms with Crippen LogP contribution in [0.5, 0.6) is 5.75 Å². The largest absolute Gasteiger partial charge is 0.495 e. The molecule has 1 amide bonds. The third-order valence-electron chi connectivity index (χ3n) is 6.14. The Morgan fingerprint density at radius 3 is 2.45 bits per heavy atom. The van der Waals surface area contributed by atoms with Gasteiger partial charge in [0.15, 0.2) is 0 Å². The standard InChI is InChI=1S/C22H34N2O4S/c1-17-12-13-20(28-2)21(15-17)29(26,27)24-14-8-9-18(16-24)22(25)23-19-10-6-4-3-5-7-11-19/h12-13,15,18-19H,3-11,14,16H2,1-2H3,(H,23,25)/t18-/m1/s1. The van der Waals surface area contributed by atoms with Crippen LogP contribution in [-0.4, -0.2) is 44.9 Å². The number of aryl methyl sites for hydroxylation is 1. The van der Waals surface area contributed by atoms with E-state index < -0.39 is 10.0 Å². The van der Waals surface area contributed by atoms with Gasteiger partial charge in [-0.15, -0.1) is 0 Å². The smallest absolute Gasteiger partial charge is 0.246 e. The average molecular weight is 423 g/mol. The maximum atomic E-state index is 13.3. The molecule has 1 atom stereocenters. The van der Waals surface area contributed by atoms with Gasteiger partial charge in [0.05, 0.1) is 13.0 Å². The molecule has 0 unspecified atom stereocenters. The van der Waals surface area contributed by atoms with E-state index in [1.807, 2.05) is 13.0 Å². The van der Waals surface area contributed by atoms with E-state index in [1.165, 1.54) is 30.7 Å². The molecule has 6 nitrogen and oxygen atoms in total. The van der Waals surface area contributed by atoms with E-state index >= 15 is 0 Å². The minimum absolute atomic E-state index is 0.00619. The lowest BCUT2D eigenvalue weighted by atomic mass is 9.94. The van der Waals surface area contributed by atoms with Gasteiger partial charge >= 0.3 is 0 Å². The Hall–Kier alpha value is -1.60. The second kappa shape index (κ2) is 9.94. The number of piperidine rings is 1. The van der Waals surface area contributed by atoms with Gasteiger partial charge in [0.2, 0.25) is 15.9 Å². The number of methoxy groups -OCH3 is 1. The predicted molar refractivity (Wildman–Crippen MR) is 113 cm³/mol. The molecule has 0 aromatic heterocycles. The molecule has 1 saturated carbocycles. The van der Waals surface area contributed by atoms with Crippen LogP contribution in [0.3, 0.4) is 0 Å². The van der Waals surface area contributed by atoms with Gasteiger partial charge < -0.3 is 10.1 Å². The molecule has 1 N–H and O–H groups in total. The molecule has 1 saturated heterocycles. The molecule has 162 valence electrons. The third kappa shape index (κ3) is 5.51. The number of hydrogen-bond acceptors (Lipinski definition) is 4. The first kappa shape index (κ1) is 22.1. The topological polar surface area (TPSA) is 75.7 Å². The molecule has 29 heavy (non-hydrogen) atoms. The fraction of sp³-hybridized carbons (Fsp3) is 0.682. The first-order valence-electron chi connectivity index (χ1n) is 10.9. The number of carbonyl (C=O) groups excluding carboxylic acids is 1. The molecule has 1 aliphatic carbocycles. The van der Waals surface area contributed by atoms with Gasteiger partial charge in [-0.25, -0.2) is 8.42 Å². The van der Waals surface area contributed by atoms with Crippen molar-refractivity contribution < 1.29 is 17.9 Å². The summed E-state index contributed by atoms with van der Waals surface area (Å²) in [5.74, 6) is 0.0585. The van der Waals surface area contributed by atoms with Crippen LogP contribution < -0.4 is 10.1 Å². The molecule has 0 bridgehead atoms. The zero-order chi connectivity index (χ0) is 20.9. The summed E-state index contributed by atoms with van der Waals surface area (Å²) < 4.78 is 33.3. The Morgan fingerprint density at radius 1 is 1.07 bits per heavy atom. The maximum Gasteiger partial charge on any atom is 0.246 e. The number of amides is 1. The first-order valence-corrected chi connectivity index (χ1v) is 12.3. The fourth-order valence-electron chi connectivity index (χ4n) is 4.42. The number of nitrogens with one attached hydrogen (secondary N) is 1. The summed E-state index contributed by atoms with van der Waals surface area (Å²) in [6.07, 6.45) is 9.55. The summed E-state index contributed by atoms with van der Waals surface area (Å²) in [5.41, 5.74) is 0.861. The van der Waals surface area contributed by atoms with Crippen molar-refractivity contribution in [1.29, 1.82) is 0 Å². The summed E-state index contributed by atoms with van der Waals surface area (Å²) >= 11 is 0. The fourth-order valence-corrected chi connectivity index (χ4v) is 6.18. The Labute approximate surface area is 175 Å². The van der Waals surface area contributed by atoms with Crippen LogP contribution in [0.25, 0.3) is 0 Å². The second-order valence-electron chi connectivity index (χ2n) is 8.41. The highest BCUT2D eigenvalue weighted by atomic mass is 32.2. The van der Waals surface area contributed by atoms with Crippen molar-refractivity contribution in [2.24, 2.45) is 5.92 Å². The summed E-state index contributed by atoms with van der Waals surface area (Å²) in [7, 11) is -2.23. The van der Waals surface area contributed by atoms with Gasteiger partial charge in [-0.05, 0) is 50.3 Å². The minimum atomic E-state index is -3.71. The number of benzene rings is 1. The normalized spacial score (nSPS) is 22.5. The summed E-state index contributed by atoms with van der Waals surface area (Å²) in [5, 5.41) is 3.21. The summed E-state index contributed by atoms with van der Waals surface area (Å²) in [6, 6.07) is 5.39. The third-order valence-corrected chi connectivity index (χ3v) is 8.03. The highest BCUT2D eigenvalue weighted by Crippen LogP contribution is 2.31. The van der Waals surface area contributed by atoms with Gasteiger partial charge in [0.25, 0.3) is 0 Å². The summed E-state index contributed by atoms with van der Waals surface area (Å²) in [4.78, 5) is 13.1. The molecule has 1 aliphatic heterocycles. The Morgan fingerprint density at radius 2 is 1.76 bits per heavy atom. The van der Waals surface area contributed by atoms with Crippen LogP contribution >= 0.6 is 0 Å². The van der Waals surface area contributed by atoms with Crippen LogP contribution in [0, 0.1) is 12.8 Å². The summed E-state index contributed by atoms with van der Waals surface area (Å²) in [6.45, 7) is 2.53. The van der Waals surface area contributed by atoms with Crippen molar-refractivity contribution in [3.05, 3.63) is 23.8 Å². The van der Waals surface area contributed by atoms with Crippen molar-refractivity contribution in [3.63, 3.8) is 0 Å². The van der Waals surface area contributed by atoms with E-state index in [0.717, 1.165) is 37.7 Å². The highest BCUT2D eigenvalue weighted by Gasteiger charge is 2.35. The zero-order valence-electron chi connectivity index (χ0n) is 17.7. The minimum Gasteiger partial charge on any atom is -0.495 e. The molecule has 7 heteroatoms. The molecule has 0 radical (unpaired) electrons. The Balaban J connectivity index is 1.69. The Bertz CT molecular complexity index is 801. The van der Waals surface area contributed by atoms with E-state index in [4.69, 9.17) is 4.74 Å². The number of ether oxygens (including phenoxy) is 1. The van der Waals surface area contributed by atoms with Crippen molar-refractivity contribution in [3.8, 4) is 5.75 Å². The monoisotopic (exact) mass is 422 g/mol. The van der Waals surface area contributed by atoms with E-state index in [1.54, 1.807) is 12.1 Å². The average Bonchev–Trinajstić information content (AvgIpc) is 2.70. The number of hydrogen-bond donors (Lipinski definition) is 1. The second-order valence-corrected chi connectivity index (χ2v) is 10.3. The number of nitrogens with zero attached hydrogens (tertiary/aromatic N) is 1. The molecule has 3 rings (SSSR count). The van der Waals surface area contributed by atoms with Gasteiger partial charge in [0, 0.05) is 19.1 Å². The molecular weight excluding hydrogens is 388 g/mol. The molecule has 2 fully saturated rings. The SMILES string of the molecule is COc1ccc(C)cc1S(=O)(=O)N1CCC[C@@H](C(=O)NC2CCCCCCC2)C1. The molecular formula is C22H34N2O4S. The number of sulfonamides is 1. The van der Waals surface area contributed by atoms with E-state index in [-0.39, 0.29) is 29.3 Å². The van der Waals surface area contributed by atoms with Crippen molar-refractivity contribution in [2.45, 2.75) is 75.6 Å². The van der Waals surface area contributed by atoms with E-state index in [2.05, 4.69) is 5.32 Å². The first-order chi connectivity index (χ1) is 13.9. The lowest BCUT2D eigenvalue weighted by Gasteiger charge is -2.32. The van der Waals surface area contributed by atoms with Gasteiger partial charge in [-0.1, -0.05) is 38.2 Å². The van der Waals surface area contributed by atoms with Crippen LogP contribution in [0.4, 0.5) is 0 Å². The Kier molecular flexibility index (Phi) is 7.57. The molecule has 2 aliphatic rings. The predicted octanol–water partition coefficient (Wildman–Crippen LogP) is 3.63. The number of carbonyl (C=O) groups is 1. The molecule has 1 aromatic rings. The van der Waals surface area contributed by atoms with Crippen LogP contribution in [0.2, 0.25) is 0 Å². The highest BCUT2D eigenvalue weighted by molar-refractivity contribution is 7.89. The number of rotatable bonds is 5. The van der Waals surface area contributed by atoms with Crippen molar-refractivity contribution in [2.75, 3.05) is 20.2 Å². The van der Waals surface area contributed by atoms with Gasteiger partial charge in [-0.3, -0.25) is 4.79 Å². The van der Waals surface area contributed by atoms with Crippen LogP contribution in [0.1, 0.15) is 63.4 Å². The molecule has 1 aromatic carbocycles. The van der Waals surface area contributed by atoms with Crippen molar-refractivity contribution in [1.82, 2.24) is 9.62 Å². The van der Waals surface area contributed by atoms with Gasteiger partial charge in [-0.2, -0.15) is 4.31 Å². The molecule has 1 heterocycles. The lowest BCUT2D eigenvalue weighted by molar-refractivity contribution is -0.126. The molecule has 0 spiro atoms. The van der Waals surface area contributed by atoms with E-state index in [0.29, 0.717) is 18.7 Å². The van der Waals surface area contributed by atoms with E-state index in [9.17, 15) is 13.2 Å².